The maximum Gasteiger partial charge on any atom is 0.408 e. The van der Waals surface area contributed by atoms with Gasteiger partial charge in [0.2, 0.25) is 0 Å². The molecule has 0 bridgehead atoms. The van der Waals surface area contributed by atoms with Gasteiger partial charge in [0.1, 0.15) is 11.6 Å². The van der Waals surface area contributed by atoms with E-state index in [2.05, 4.69) is 10.2 Å². The lowest BCUT2D eigenvalue weighted by atomic mass is 10.0. The molecule has 1 aliphatic rings. The summed E-state index contributed by atoms with van der Waals surface area (Å²) in [6.45, 7) is 7.30. The van der Waals surface area contributed by atoms with Crippen molar-refractivity contribution in [1.29, 1.82) is 0 Å². The summed E-state index contributed by atoms with van der Waals surface area (Å²) < 4.78 is 10.0. The van der Waals surface area contributed by atoms with Crippen LogP contribution in [-0.4, -0.2) is 43.9 Å². The number of nitrogens with one attached hydrogen (secondary N) is 1. The molecule has 1 atom stereocenters. The molecule has 1 amide bonds. The van der Waals surface area contributed by atoms with Gasteiger partial charge in [-0.2, -0.15) is 0 Å². The quantitative estimate of drug-likeness (QED) is 0.763. The Hall–Kier alpha value is -1.95. The zero-order chi connectivity index (χ0) is 20.0. The lowest BCUT2D eigenvalue weighted by molar-refractivity contribution is -0.143. The largest absolute Gasteiger partial charge is 0.467 e. The first-order chi connectivity index (χ1) is 12.7. The number of anilines is 1. The first-order valence-electron chi connectivity index (χ1n) is 9.30. The molecule has 0 unspecified atom stereocenters. The fourth-order valence-corrected chi connectivity index (χ4v) is 3.41. The number of ether oxygens (including phenoxy) is 2. The summed E-state index contributed by atoms with van der Waals surface area (Å²) in [6, 6.07) is 4.91. The van der Waals surface area contributed by atoms with E-state index in [4.69, 9.17) is 21.1 Å². The number of carbonyl (C=O) groups is 2. The third kappa shape index (κ3) is 6.61. The average molecular weight is 397 g/mol. The molecule has 0 radical (unpaired) electrons. The number of carbonyl (C=O) groups excluding carboxylic acids is 2. The van der Waals surface area contributed by atoms with Crippen molar-refractivity contribution in [2.45, 2.75) is 58.1 Å². The molecule has 7 heteroatoms. The normalized spacial score (nSPS) is 15.8. The van der Waals surface area contributed by atoms with Gasteiger partial charge in [-0.15, -0.1) is 0 Å². The SMILES string of the molecule is COC(=O)[C@@H](Cc1ccc(N2CCCCC2)c(Cl)c1)NC(=O)OC(C)(C)C. The third-order valence-electron chi connectivity index (χ3n) is 4.33. The highest BCUT2D eigenvalue weighted by Crippen LogP contribution is 2.29. The van der Waals surface area contributed by atoms with E-state index in [0.29, 0.717) is 5.02 Å². The van der Waals surface area contributed by atoms with E-state index in [0.717, 1.165) is 24.3 Å². The van der Waals surface area contributed by atoms with E-state index < -0.39 is 23.7 Å². The zero-order valence-corrected chi connectivity index (χ0v) is 17.3. The summed E-state index contributed by atoms with van der Waals surface area (Å²) in [5.41, 5.74) is 1.20. The van der Waals surface area contributed by atoms with E-state index in [1.807, 2.05) is 18.2 Å². The smallest absolute Gasteiger partial charge is 0.408 e. The molecule has 1 aliphatic heterocycles. The molecule has 1 fully saturated rings. The summed E-state index contributed by atoms with van der Waals surface area (Å²) in [6.07, 6.45) is 3.20. The molecule has 1 heterocycles. The van der Waals surface area contributed by atoms with Crippen molar-refractivity contribution in [2.75, 3.05) is 25.1 Å². The van der Waals surface area contributed by atoms with Gasteiger partial charge in [0.05, 0.1) is 17.8 Å². The third-order valence-corrected chi connectivity index (χ3v) is 4.63. The maximum atomic E-state index is 12.1. The van der Waals surface area contributed by atoms with Crippen LogP contribution in [0.2, 0.25) is 5.02 Å². The van der Waals surface area contributed by atoms with Gasteiger partial charge in [-0.1, -0.05) is 17.7 Å². The molecule has 0 saturated carbocycles. The lowest BCUT2D eigenvalue weighted by Gasteiger charge is -2.29. The van der Waals surface area contributed by atoms with Gasteiger partial charge < -0.3 is 19.7 Å². The van der Waals surface area contributed by atoms with Crippen LogP contribution in [0.1, 0.15) is 45.6 Å². The highest BCUT2D eigenvalue weighted by atomic mass is 35.5. The van der Waals surface area contributed by atoms with Gasteiger partial charge in [0.25, 0.3) is 0 Å². The fraction of sp³-hybridized carbons (Fsp3) is 0.600. The number of nitrogens with zero attached hydrogens (tertiary/aromatic N) is 1. The predicted octanol–water partition coefficient (Wildman–Crippen LogP) is 3.94. The van der Waals surface area contributed by atoms with Crippen LogP contribution < -0.4 is 10.2 Å². The van der Waals surface area contributed by atoms with Crippen LogP contribution in [0.4, 0.5) is 10.5 Å². The second-order valence-electron chi connectivity index (χ2n) is 7.76. The Morgan fingerprint density at radius 1 is 1.22 bits per heavy atom. The number of halogens is 1. The Labute approximate surface area is 166 Å². The standard InChI is InChI=1S/C20H29ClN2O4/c1-20(2,3)27-19(25)22-16(18(24)26-4)13-14-8-9-17(15(21)12-14)23-10-6-5-7-11-23/h8-9,12,16H,5-7,10-11,13H2,1-4H3,(H,22,25)/t16-/m1/s1. The molecule has 150 valence electrons. The summed E-state index contributed by atoms with van der Waals surface area (Å²) >= 11 is 6.48. The molecule has 0 aliphatic carbocycles. The van der Waals surface area contributed by atoms with Crippen molar-refractivity contribution in [3.05, 3.63) is 28.8 Å². The molecule has 6 nitrogen and oxygen atoms in total. The maximum absolute atomic E-state index is 12.1. The van der Waals surface area contributed by atoms with E-state index >= 15 is 0 Å². The number of rotatable bonds is 5. The van der Waals surface area contributed by atoms with Crippen LogP contribution in [0, 0.1) is 0 Å². The predicted molar refractivity (Wildman–Crippen MR) is 106 cm³/mol. The molecule has 0 spiro atoms. The number of esters is 1. The Morgan fingerprint density at radius 3 is 2.44 bits per heavy atom. The van der Waals surface area contributed by atoms with Crippen molar-refractivity contribution in [2.24, 2.45) is 0 Å². The van der Waals surface area contributed by atoms with E-state index in [1.165, 1.54) is 26.4 Å². The molecule has 1 saturated heterocycles. The molecule has 1 aromatic carbocycles. The molecule has 2 rings (SSSR count). The first-order valence-corrected chi connectivity index (χ1v) is 9.68. The molecule has 27 heavy (non-hydrogen) atoms. The number of hydrogen-bond donors (Lipinski definition) is 1. The van der Waals surface area contributed by atoms with Gasteiger partial charge in [-0.25, -0.2) is 9.59 Å². The second-order valence-corrected chi connectivity index (χ2v) is 8.17. The summed E-state index contributed by atoms with van der Waals surface area (Å²) in [7, 11) is 1.29. The van der Waals surface area contributed by atoms with Crippen molar-refractivity contribution < 1.29 is 19.1 Å². The minimum absolute atomic E-state index is 0.270. The molecule has 1 aromatic rings. The summed E-state index contributed by atoms with van der Waals surface area (Å²) in [5, 5.41) is 3.23. The Bertz CT molecular complexity index is 666. The van der Waals surface area contributed by atoms with Crippen molar-refractivity contribution >= 4 is 29.4 Å². The first kappa shape index (κ1) is 21.4. The molecule has 1 N–H and O–H groups in total. The Kier molecular flexibility index (Phi) is 7.36. The topological polar surface area (TPSA) is 67.9 Å². The molecular weight excluding hydrogens is 368 g/mol. The van der Waals surface area contributed by atoms with Crippen LogP contribution in [0.15, 0.2) is 18.2 Å². The zero-order valence-electron chi connectivity index (χ0n) is 16.5. The van der Waals surface area contributed by atoms with Crippen LogP contribution in [0.5, 0.6) is 0 Å². The number of piperidine rings is 1. The minimum atomic E-state index is -0.846. The monoisotopic (exact) mass is 396 g/mol. The summed E-state index contributed by atoms with van der Waals surface area (Å²) in [4.78, 5) is 26.4. The van der Waals surface area contributed by atoms with Crippen molar-refractivity contribution in [1.82, 2.24) is 5.32 Å². The van der Waals surface area contributed by atoms with E-state index in [9.17, 15) is 9.59 Å². The van der Waals surface area contributed by atoms with Crippen LogP contribution in [0.3, 0.4) is 0 Å². The molecular formula is C20H29ClN2O4. The van der Waals surface area contributed by atoms with Gasteiger partial charge in [-0.05, 0) is 57.7 Å². The Morgan fingerprint density at radius 2 is 1.89 bits per heavy atom. The number of alkyl carbamates (subject to hydrolysis) is 1. The number of methoxy groups -OCH3 is 1. The number of benzene rings is 1. The van der Waals surface area contributed by atoms with Crippen LogP contribution >= 0.6 is 11.6 Å². The van der Waals surface area contributed by atoms with Crippen molar-refractivity contribution in [3.8, 4) is 0 Å². The van der Waals surface area contributed by atoms with Gasteiger partial charge >= 0.3 is 12.1 Å². The average Bonchev–Trinajstić information content (AvgIpc) is 2.59. The number of hydrogen-bond acceptors (Lipinski definition) is 5. The van der Waals surface area contributed by atoms with E-state index in [-0.39, 0.29) is 6.42 Å². The van der Waals surface area contributed by atoms with E-state index in [1.54, 1.807) is 20.8 Å². The molecule has 0 aromatic heterocycles. The lowest BCUT2D eigenvalue weighted by Crippen LogP contribution is -2.45. The van der Waals surface area contributed by atoms with Crippen molar-refractivity contribution in [3.63, 3.8) is 0 Å². The minimum Gasteiger partial charge on any atom is -0.467 e. The van der Waals surface area contributed by atoms with Crippen LogP contribution in [-0.2, 0) is 20.7 Å². The van der Waals surface area contributed by atoms with Gasteiger partial charge in [0.15, 0.2) is 0 Å². The number of amides is 1. The van der Waals surface area contributed by atoms with Gasteiger partial charge in [-0.3, -0.25) is 0 Å². The highest BCUT2D eigenvalue weighted by Gasteiger charge is 2.25. The van der Waals surface area contributed by atoms with Crippen LogP contribution in [0.25, 0.3) is 0 Å². The summed E-state index contributed by atoms with van der Waals surface area (Å²) in [5.74, 6) is -0.530. The fourth-order valence-electron chi connectivity index (χ4n) is 3.09. The Balaban J connectivity index is 2.09. The second kappa shape index (κ2) is 9.31. The van der Waals surface area contributed by atoms with Gasteiger partial charge in [0, 0.05) is 19.5 Å². The highest BCUT2D eigenvalue weighted by molar-refractivity contribution is 6.33.